The standard InChI is InChI=1S/C16H24N2O2/c19-16-8-7-13-14(3-1-4-15(13)18-16)17-9-2-10-20-11-12-5-6-12/h7-8,12,14,17H,1-6,9-11H2,(H,18,19). The maximum absolute atomic E-state index is 11.3. The SMILES string of the molecule is O=c1ccc2c([nH]1)CCCC2NCCCOCC1CC1. The van der Waals surface area contributed by atoms with Gasteiger partial charge in [-0.05, 0) is 56.6 Å². The number of fused-ring (bicyclic) bond motifs is 1. The Morgan fingerprint density at radius 3 is 3.05 bits per heavy atom. The molecule has 20 heavy (non-hydrogen) atoms. The molecular weight excluding hydrogens is 252 g/mol. The third-order valence-electron chi connectivity index (χ3n) is 4.24. The van der Waals surface area contributed by atoms with Crippen molar-refractivity contribution < 1.29 is 4.74 Å². The molecule has 3 rings (SSSR count). The molecule has 1 aromatic rings. The largest absolute Gasteiger partial charge is 0.381 e. The fraction of sp³-hybridized carbons (Fsp3) is 0.688. The molecule has 0 spiro atoms. The van der Waals surface area contributed by atoms with Crippen molar-refractivity contribution in [3.63, 3.8) is 0 Å². The Morgan fingerprint density at radius 2 is 2.20 bits per heavy atom. The minimum Gasteiger partial charge on any atom is -0.381 e. The molecule has 0 amide bonds. The molecule has 1 atom stereocenters. The van der Waals surface area contributed by atoms with Gasteiger partial charge in [-0.25, -0.2) is 0 Å². The van der Waals surface area contributed by atoms with Crippen LogP contribution >= 0.6 is 0 Å². The second kappa shape index (κ2) is 6.55. The van der Waals surface area contributed by atoms with E-state index < -0.39 is 0 Å². The van der Waals surface area contributed by atoms with Crippen molar-refractivity contribution in [1.29, 1.82) is 0 Å². The Hall–Kier alpha value is -1.13. The van der Waals surface area contributed by atoms with E-state index >= 15 is 0 Å². The first-order chi connectivity index (χ1) is 9.83. The van der Waals surface area contributed by atoms with E-state index in [0.717, 1.165) is 57.1 Å². The van der Waals surface area contributed by atoms with Gasteiger partial charge in [-0.15, -0.1) is 0 Å². The highest BCUT2D eigenvalue weighted by molar-refractivity contribution is 5.26. The monoisotopic (exact) mass is 276 g/mol. The molecule has 0 saturated heterocycles. The highest BCUT2D eigenvalue weighted by Crippen LogP contribution is 2.29. The molecule has 4 nitrogen and oxygen atoms in total. The summed E-state index contributed by atoms with van der Waals surface area (Å²) < 4.78 is 5.64. The van der Waals surface area contributed by atoms with E-state index in [4.69, 9.17) is 4.74 Å². The van der Waals surface area contributed by atoms with Crippen molar-refractivity contribution in [2.45, 2.75) is 44.6 Å². The summed E-state index contributed by atoms with van der Waals surface area (Å²) in [4.78, 5) is 14.3. The van der Waals surface area contributed by atoms with Crippen LogP contribution in [0.25, 0.3) is 0 Å². The Morgan fingerprint density at radius 1 is 1.30 bits per heavy atom. The fourth-order valence-corrected chi connectivity index (χ4v) is 2.90. The molecule has 1 fully saturated rings. The number of aromatic amines is 1. The summed E-state index contributed by atoms with van der Waals surface area (Å²) in [6.45, 7) is 2.79. The van der Waals surface area contributed by atoms with E-state index in [9.17, 15) is 4.79 Å². The molecule has 110 valence electrons. The van der Waals surface area contributed by atoms with Crippen LogP contribution in [0.2, 0.25) is 0 Å². The van der Waals surface area contributed by atoms with Crippen molar-refractivity contribution in [3.8, 4) is 0 Å². The molecule has 2 aliphatic rings. The number of hydrogen-bond acceptors (Lipinski definition) is 3. The summed E-state index contributed by atoms with van der Waals surface area (Å²) in [5.41, 5.74) is 2.40. The molecule has 2 aliphatic carbocycles. The van der Waals surface area contributed by atoms with Gasteiger partial charge in [-0.3, -0.25) is 4.79 Å². The van der Waals surface area contributed by atoms with Gasteiger partial charge in [0.05, 0.1) is 0 Å². The number of H-pyrrole nitrogens is 1. The van der Waals surface area contributed by atoms with Crippen LogP contribution in [0.4, 0.5) is 0 Å². The van der Waals surface area contributed by atoms with E-state index in [-0.39, 0.29) is 5.56 Å². The lowest BCUT2D eigenvalue weighted by atomic mass is 9.91. The normalized spacial score (nSPS) is 21.7. The van der Waals surface area contributed by atoms with Crippen LogP contribution in [0.5, 0.6) is 0 Å². The topological polar surface area (TPSA) is 54.1 Å². The number of aryl methyl sites for hydroxylation is 1. The number of hydrogen-bond donors (Lipinski definition) is 2. The first-order valence-corrected chi connectivity index (χ1v) is 7.86. The van der Waals surface area contributed by atoms with Crippen LogP contribution in [0.3, 0.4) is 0 Å². The predicted molar refractivity (Wildman–Crippen MR) is 78.9 cm³/mol. The maximum Gasteiger partial charge on any atom is 0.248 e. The number of aromatic nitrogens is 1. The third kappa shape index (κ3) is 3.70. The lowest BCUT2D eigenvalue weighted by Gasteiger charge is -2.26. The second-order valence-corrected chi connectivity index (χ2v) is 6.03. The van der Waals surface area contributed by atoms with Gasteiger partial charge in [-0.1, -0.05) is 6.07 Å². The summed E-state index contributed by atoms with van der Waals surface area (Å²) in [5.74, 6) is 0.852. The zero-order chi connectivity index (χ0) is 13.8. The minimum absolute atomic E-state index is 0.0119. The van der Waals surface area contributed by atoms with Crippen LogP contribution in [0.1, 0.15) is 49.4 Å². The van der Waals surface area contributed by atoms with Crippen LogP contribution in [0, 0.1) is 5.92 Å². The van der Waals surface area contributed by atoms with Crippen LogP contribution in [-0.2, 0) is 11.2 Å². The lowest BCUT2D eigenvalue weighted by Crippen LogP contribution is -2.28. The minimum atomic E-state index is 0.0119. The van der Waals surface area contributed by atoms with Crippen LogP contribution in [0.15, 0.2) is 16.9 Å². The van der Waals surface area contributed by atoms with Gasteiger partial charge in [0, 0.05) is 31.0 Å². The van der Waals surface area contributed by atoms with E-state index in [1.807, 2.05) is 6.07 Å². The number of rotatable bonds is 7. The summed E-state index contributed by atoms with van der Waals surface area (Å²) in [7, 11) is 0. The Kier molecular flexibility index (Phi) is 4.53. The highest BCUT2D eigenvalue weighted by atomic mass is 16.5. The van der Waals surface area contributed by atoms with Gasteiger partial charge in [0.2, 0.25) is 5.56 Å². The predicted octanol–water partition coefficient (Wildman–Crippen LogP) is 2.16. The zero-order valence-corrected chi connectivity index (χ0v) is 12.0. The Labute approximate surface area is 119 Å². The van der Waals surface area contributed by atoms with Gasteiger partial charge < -0.3 is 15.0 Å². The molecule has 1 heterocycles. The Bertz CT molecular complexity index is 493. The van der Waals surface area contributed by atoms with Crippen molar-refractivity contribution in [2.75, 3.05) is 19.8 Å². The van der Waals surface area contributed by atoms with Gasteiger partial charge >= 0.3 is 0 Å². The molecule has 0 aliphatic heterocycles. The smallest absolute Gasteiger partial charge is 0.248 e. The number of pyridine rings is 1. The first-order valence-electron chi connectivity index (χ1n) is 7.86. The average molecular weight is 276 g/mol. The molecule has 0 bridgehead atoms. The number of nitrogens with one attached hydrogen (secondary N) is 2. The van der Waals surface area contributed by atoms with Gasteiger partial charge in [0.1, 0.15) is 0 Å². The molecule has 1 unspecified atom stereocenters. The summed E-state index contributed by atoms with van der Waals surface area (Å²) in [5, 5.41) is 3.60. The van der Waals surface area contributed by atoms with Crippen molar-refractivity contribution in [1.82, 2.24) is 10.3 Å². The molecule has 2 N–H and O–H groups in total. The molecule has 1 aromatic heterocycles. The summed E-state index contributed by atoms with van der Waals surface area (Å²) >= 11 is 0. The third-order valence-corrected chi connectivity index (χ3v) is 4.24. The Balaban J connectivity index is 1.42. The van der Waals surface area contributed by atoms with Crippen LogP contribution < -0.4 is 10.9 Å². The average Bonchev–Trinajstić information content (AvgIpc) is 3.26. The van der Waals surface area contributed by atoms with E-state index in [0.29, 0.717) is 6.04 Å². The molecular formula is C16H24N2O2. The second-order valence-electron chi connectivity index (χ2n) is 6.03. The molecule has 0 aromatic carbocycles. The molecule has 4 heteroatoms. The summed E-state index contributed by atoms with van der Waals surface area (Å²) in [6.07, 6.45) is 7.06. The number of ether oxygens (including phenoxy) is 1. The first kappa shape index (κ1) is 13.8. The van der Waals surface area contributed by atoms with Gasteiger partial charge in [0.15, 0.2) is 0 Å². The van der Waals surface area contributed by atoms with Crippen LogP contribution in [-0.4, -0.2) is 24.7 Å². The van der Waals surface area contributed by atoms with E-state index in [2.05, 4.69) is 10.3 Å². The zero-order valence-electron chi connectivity index (χ0n) is 12.0. The molecule has 0 radical (unpaired) electrons. The highest BCUT2D eigenvalue weighted by Gasteiger charge is 2.21. The maximum atomic E-state index is 11.3. The quantitative estimate of drug-likeness (QED) is 0.750. The molecule has 1 saturated carbocycles. The van der Waals surface area contributed by atoms with Crippen molar-refractivity contribution in [2.24, 2.45) is 5.92 Å². The van der Waals surface area contributed by atoms with Crippen molar-refractivity contribution in [3.05, 3.63) is 33.7 Å². The summed E-state index contributed by atoms with van der Waals surface area (Å²) in [6, 6.07) is 4.01. The van der Waals surface area contributed by atoms with Gasteiger partial charge in [-0.2, -0.15) is 0 Å². The van der Waals surface area contributed by atoms with Crippen molar-refractivity contribution >= 4 is 0 Å². The lowest BCUT2D eigenvalue weighted by molar-refractivity contribution is 0.121. The fourth-order valence-electron chi connectivity index (χ4n) is 2.90. The van der Waals surface area contributed by atoms with Gasteiger partial charge in [0.25, 0.3) is 0 Å². The van der Waals surface area contributed by atoms with E-state index in [1.165, 1.54) is 18.4 Å². The van der Waals surface area contributed by atoms with E-state index in [1.54, 1.807) is 6.07 Å².